The number of carbonyl (C=O) groups is 2. The summed E-state index contributed by atoms with van der Waals surface area (Å²) in [7, 11) is 2.10. The van der Waals surface area contributed by atoms with E-state index in [1.807, 2.05) is 36.4 Å². The molecule has 1 aromatic heterocycles. The maximum Gasteiger partial charge on any atom is 0.416 e. The van der Waals surface area contributed by atoms with Crippen LogP contribution in [0.4, 0.5) is 24.5 Å². The molecule has 2 amide bonds. The Labute approximate surface area is 303 Å². The first kappa shape index (κ1) is 37.0. The molecule has 2 fully saturated rings. The normalized spacial score (nSPS) is 15.4. The second kappa shape index (κ2) is 17.2. The van der Waals surface area contributed by atoms with Crippen molar-refractivity contribution < 1.29 is 22.8 Å². The van der Waals surface area contributed by atoms with Gasteiger partial charge < -0.3 is 25.8 Å². The number of rotatable bonds is 12. The summed E-state index contributed by atoms with van der Waals surface area (Å²) in [6.07, 6.45) is 0.418. The highest BCUT2D eigenvalue weighted by Crippen LogP contribution is 2.33. The molecule has 2 aliphatic rings. The molecule has 0 atom stereocenters. The van der Waals surface area contributed by atoms with Crippen LogP contribution in [0.15, 0.2) is 85.1 Å². The third-order valence-electron chi connectivity index (χ3n) is 9.63. The Morgan fingerprint density at radius 2 is 1.60 bits per heavy atom. The number of carbonyl (C=O) groups excluding carboxylic acids is 2. The summed E-state index contributed by atoms with van der Waals surface area (Å²) in [6, 6.07) is 21.6. The summed E-state index contributed by atoms with van der Waals surface area (Å²) in [5, 5.41) is 9.21. The lowest BCUT2D eigenvalue weighted by Crippen LogP contribution is -2.45. The summed E-state index contributed by atoms with van der Waals surface area (Å²) in [6.45, 7) is 8.58. The molecule has 52 heavy (non-hydrogen) atoms. The largest absolute Gasteiger partial charge is 0.416 e. The van der Waals surface area contributed by atoms with E-state index in [2.05, 4.69) is 42.7 Å². The first-order valence-corrected chi connectivity index (χ1v) is 17.9. The second-order valence-corrected chi connectivity index (χ2v) is 13.6. The van der Waals surface area contributed by atoms with Crippen LogP contribution in [0.2, 0.25) is 0 Å². The lowest BCUT2D eigenvalue weighted by atomic mass is 10.0. The van der Waals surface area contributed by atoms with Crippen LogP contribution in [0.3, 0.4) is 0 Å². The van der Waals surface area contributed by atoms with Crippen molar-refractivity contribution in [2.24, 2.45) is 0 Å². The zero-order valence-corrected chi connectivity index (χ0v) is 29.5. The monoisotopic (exact) mass is 713 g/mol. The van der Waals surface area contributed by atoms with E-state index >= 15 is 0 Å². The Bertz CT molecular complexity index is 1840. The maximum absolute atomic E-state index is 13.7. The van der Waals surface area contributed by atoms with Crippen molar-refractivity contribution in [3.8, 4) is 11.3 Å². The lowest BCUT2D eigenvalue weighted by Gasteiger charge is -2.29. The molecule has 3 aromatic carbocycles. The number of hydrogen-bond donors (Lipinski definition) is 3. The number of hydrogen-bond acceptors (Lipinski definition) is 7. The highest BCUT2D eigenvalue weighted by Gasteiger charge is 2.30. The van der Waals surface area contributed by atoms with Crippen molar-refractivity contribution in [3.63, 3.8) is 0 Å². The van der Waals surface area contributed by atoms with Gasteiger partial charge >= 0.3 is 6.18 Å². The van der Waals surface area contributed by atoms with E-state index in [-0.39, 0.29) is 12.5 Å². The number of piperazine rings is 1. The molecule has 12 heteroatoms. The van der Waals surface area contributed by atoms with Gasteiger partial charge in [0.05, 0.1) is 16.9 Å². The van der Waals surface area contributed by atoms with Crippen LogP contribution in [0.5, 0.6) is 0 Å². The minimum Gasteiger partial charge on any atom is -0.372 e. The highest BCUT2D eigenvalue weighted by molar-refractivity contribution is 6.06. The van der Waals surface area contributed by atoms with Crippen molar-refractivity contribution in [2.75, 3.05) is 69.6 Å². The SMILES string of the molecule is CN(CCN1CCNCC1)Cc1cccc(C(=O)Nc2ccc(N3CCCCC3)cc2-c2cc(C(=O)NCc3cccc(C(F)(F)F)c3)ccn2)c1. The highest BCUT2D eigenvalue weighted by atomic mass is 19.4. The molecule has 0 spiro atoms. The first-order chi connectivity index (χ1) is 25.1. The van der Waals surface area contributed by atoms with Gasteiger partial charge in [0.15, 0.2) is 0 Å². The number of halogens is 3. The third-order valence-corrected chi connectivity index (χ3v) is 9.63. The van der Waals surface area contributed by atoms with E-state index < -0.39 is 17.6 Å². The van der Waals surface area contributed by atoms with E-state index in [9.17, 15) is 22.8 Å². The van der Waals surface area contributed by atoms with E-state index in [1.54, 1.807) is 18.2 Å². The molecule has 274 valence electrons. The maximum atomic E-state index is 13.7. The average Bonchev–Trinajstić information content (AvgIpc) is 3.17. The summed E-state index contributed by atoms with van der Waals surface area (Å²) in [4.78, 5) is 38.6. The van der Waals surface area contributed by atoms with E-state index in [4.69, 9.17) is 0 Å². The number of piperidine rings is 1. The van der Waals surface area contributed by atoms with Gasteiger partial charge in [-0.2, -0.15) is 13.2 Å². The predicted molar refractivity (Wildman–Crippen MR) is 198 cm³/mol. The molecular formula is C40H46F3N7O2. The fourth-order valence-electron chi connectivity index (χ4n) is 6.71. The molecule has 3 heterocycles. The smallest absolute Gasteiger partial charge is 0.372 e. The number of nitrogens with one attached hydrogen (secondary N) is 3. The molecule has 6 rings (SSSR count). The van der Waals surface area contributed by atoms with E-state index in [1.165, 1.54) is 24.8 Å². The van der Waals surface area contributed by atoms with E-state index in [0.717, 1.165) is 95.1 Å². The van der Waals surface area contributed by atoms with E-state index in [0.29, 0.717) is 33.6 Å². The summed E-state index contributed by atoms with van der Waals surface area (Å²) in [5.41, 5.74) is 4.14. The summed E-state index contributed by atoms with van der Waals surface area (Å²) in [5.74, 6) is -0.708. The van der Waals surface area contributed by atoms with Crippen LogP contribution >= 0.6 is 0 Å². The van der Waals surface area contributed by atoms with Gasteiger partial charge in [-0.05, 0) is 92.0 Å². The number of nitrogens with zero attached hydrogens (tertiary/aromatic N) is 4. The number of aromatic nitrogens is 1. The predicted octanol–water partition coefficient (Wildman–Crippen LogP) is 6.28. The molecule has 0 aliphatic carbocycles. The number of likely N-dealkylation sites (N-methyl/N-ethyl adjacent to an activating group) is 1. The number of alkyl halides is 3. The van der Waals surface area contributed by atoms with Gasteiger partial charge in [-0.15, -0.1) is 0 Å². The van der Waals surface area contributed by atoms with Crippen LogP contribution in [0.1, 0.15) is 56.7 Å². The minimum absolute atomic E-state index is 0.0722. The zero-order valence-electron chi connectivity index (χ0n) is 29.5. The first-order valence-electron chi connectivity index (χ1n) is 17.9. The van der Waals surface area contributed by atoms with Crippen LogP contribution in [-0.4, -0.2) is 86.0 Å². The molecule has 0 saturated carbocycles. The molecule has 2 saturated heterocycles. The van der Waals surface area contributed by atoms with Gasteiger partial charge in [-0.25, -0.2) is 0 Å². The fraction of sp³-hybridized carbons (Fsp3) is 0.375. The van der Waals surface area contributed by atoms with Crippen LogP contribution in [0, 0.1) is 0 Å². The van der Waals surface area contributed by atoms with Crippen molar-refractivity contribution in [1.82, 2.24) is 25.4 Å². The van der Waals surface area contributed by atoms with Crippen molar-refractivity contribution in [2.45, 2.75) is 38.5 Å². The van der Waals surface area contributed by atoms with Gasteiger partial charge in [0.2, 0.25) is 0 Å². The second-order valence-electron chi connectivity index (χ2n) is 13.6. The molecule has 2 aliphatic heterocycles. The molecule has 4 aromatic rings. The van der Waals surface area contributed by atoms with Gasteiger partial charge in [0.25, 0.3) is 11.8 Å². The van der Waals surface area contributed by atoms with Gasteiger partial charge in [0, 0.05) is 94.0 Å². The lowest BCUT2D eigenvalue weighted by molar-refractivity contribution is -0.137. The number of amides is 2. The Kier molecular flexibility index (Phi) is 12.2. The number of anilines is 2. The fourth-order valence-corrected chi connectivity index (χ4v) is 6.71. The van der Waals surface area contributed by atoms with Crippen LogP contribution in [-0.2, 0) is 19.3 Å². The van der Waals surface area contributed by atoms with Gasteiger partial charge in [-0.1, -0.05) is 24.3 Å². The standard InChI is InChI=1S/C40H46F3N7O2/c1-48(21-22-49-19-15-44-16-20-49)28-30-8-5-9-31(23-30)39(52)47-36-12-11-34(50-17-3-2-4-18-50)26-35(36)37-25-32(13-14-45-37)38(51)46-27-29-7-6-10-33(24-29)40(41,42)43/h5-14,23-26,44H,2-4,15-22,27-28H2,1H3,(H,46,51)(H,47,52). The minimum atomic E-state index is -4.47. The molecular weight excluding hydrogens is 667 g/mol. The average molecular weight is 714 g/mol. The Morgan fingerprint density at radius 3 is 2.38 bits per heavy atom. The molecule has 0 unspecified atom stereocenters. The number of pyridine rings is 1. The Hall–Kier alpha value is -4.78. The summed E-state index contributed by atoms with van der Waals surface area (Å²) >= 11 is 0. The number of benzene rings is 3. The van der Waals surface area contributed by atoms with Gasteiger partial charge in [0.1, 0.15) is 0 Å². The third kappa shape index (κ3) is 9.96. The molecule has 0 bridgehead atoms. The zero-order chi connectivity index (χ0) is 36.5. The summed E-state index contributed by atoms with van der Waals surface area (Å²) < 4.78 is 39.6. The Morgan fingerprint density at radius 1 is 0.846 bits per heavy atom. The van der Waals surface area contributed by atoms with Crippen LogP contribution < -0.4 is 20.9 Å². The Balaban J connectivity index is 1.18. The topological polar surface area (TPSA) is 92.8 Å². The molecule has 3 N–H and O–H groups in total. The van der Waals surface area contributed by atoms with Gasteiger partial charge in [-0.3, -0.25) is 19.5 Å². The molecule has 0 radical (unpaired) electrons. The quantitative estimate of drug-likeness (QED) is 0.159. The molecule has 9 nitrogen and oxygen atoms in total. The van der Waals surface area contributed by atoms with Crippen LogP contribution in [0.25, 0.3) is 11.3 Å². The van der Waals surface area contributed by atoms with Crippen molar-refractivity contribution >= 4 is 23.2 Å². The van der Waals surface area contributed by atoms with Crippen molar-refractivity contribution in [1.29, 1.82) is 0 Å². The van der Waals surface area contributed by atoms with Crippen molar-refractivity contribution in [3.05, 3.63) is 113 Å².